The summed E-state index contributed by atoms with van der Waals surface area (Å²) in [4.78, 5) is 72.8. The van der Waals surface area contributed by atoms with Crippen LogP contribution >= 0.6 is 15.6 Å². The highest BCUT2D eigenvalue weighted by molar-refractivity contribution is 7.47. The topological polar surface area (TPSA) is 237 Å². The zero-order valence-electron chi connectivity index (χ0n) is 62.3. The first-order valence-electron chi connectivity index (χ1n) is 39.2. The van der Waals surface area contributed by atoms with E-state index < -0.39 is 97.5 Å². The van der Waals surface area contributed by atoms with E-state index in [1.54, 1.807) is 0 Å². The zero-order chi connectivity index (χ0) is 70.3. The molecule has 0 aliphatic carbocycles. The average Bonchev–Trinajstić information content (AvgIpc) is 1.63. The number of carbonyl (C=O) groups is 4. The van der Waals surface area contributed by atoms with Crippen molar-refractivity contribution in [3.8, 4) is 0 Å². The van der Waals surface area contributed by atoms with E-state index in [-0.39, 0.29) is 25.7 Å². The van der Waals surface area contributed by atoms with Crippen LogP contribution in [0.4, 0.5) is 0 Å². The molecule has 0 aromatic heterocycles. The van der Waals surface area contributed by atoms with Crippen molar-refractivity contribution in [1.29, 1.82) is 0 Å². The molecule has 0 spiro atoms. The lowest BCUT2D eigenvalue weighted by molar-refractivity contribution is -0.161. The number of phosphoric acid groups is 2. The van der Waals surface area contributed by atoms with Gasteiger partial charge in [-0.15, -0.1) is 0 Å². The smallest absolute Gasteiger partial charge is 0.462 e. The predicted octanol–water partition coefficient (Wildman–Crippen LogP) is 22.0. The van der Waals surface area contributed by atoms with Crippen molar-refractivity contribution in [2.24, 2.45) is 23.7 Å². The first-order chi connectivity index (χ1) is 45.6. The largest absolute Gasteiger partial charge is 0.472 e. The molecule has 0 rings (SSSR count). The zero-order valence-corrected chi connectivity index (χ0v) is 64.1. The van der Waals surface area contributed by atoms with Crippen LogP contribution in [0.1, 0.15) is 383 Å². The fraction of sp³-hybridized carbons (Fsp3) is 0.947. The van der Waals surface area contributed by atoms with Crippen LogP contribution in [-0.2, 0) is 65.4 Å². The van der Waals surface area contributed by atoms with E-state index >= 15 is 0 Å². The third-order valence-corrected chi connectivity index (χ3v) is 19.8. The van der Waals surface area contributed by atoms with E-state index in [2.05, 4.69) is 55.4 Å². The van der Waals surface area contributed by atoms with Gasteiger partial charge in [-0.05, 0) is 49.4 Å². The maximum atomic E-state index is 13.1. The van der Waals surface area contributed by atoms with Crippen LogP contribution in [0.5, 0.6) is 0 Å². The molecule has 0 bridgehead atoms. The third kappa shape index (κ3) is 69.0. The first-order valence-corrected chi connectivity index (χ1v) is 42.2. The summed E-state index contributed by atoms with van der Waals surface area (Å²) < 4.78 is 68.5. The van der Waals surface area contributed by atoms with Gasteiger partial charge in [-0.3, -0.25) is 37.3 Å². The van der Waals surface area contributed by atoms with Crippen molar-refractivity contribution in [2.45, 2.75) is 401 Å². The number of esters is 4. The van der Waals surface area contributed by atoms with Crippen molar-refractivity contribution < 1.29 is 80.2 Å². The second-order valence-corrected chi connectivity index (χ2v) is 32.0. The van der Waals surface area contributed by atoms with Gasteiger partial charge < -0.3 is 33.8 Å². The van der Waals surface area contributed by atoms with Gasteiger partial charge in [-0.2, -0.15) is 0 Å². The Morgan fingerprint density at radius 2 is 0.505 bits per heavy atom. The second-order valence-electron chi connectivity index (χ2n) is 29.1. The number of unbranched alkanes of at least 4 members (excludes halogenated alkanes) is 38. The molecule has 0 radical (unpaired) electrons. The molecule has 0 aliphatic rings. The van der Waals surface area contributed by atoms with Gasteiger partial charge in [0.05, 0.1) is 26.4 Å². The monoisotopic (exact) mass is 1400 g/mol. The quantitative estimate of drug-likeness (QED) is 0.0222. The summed E-state index contributed by atoms with van der Waals surface area (Å²) in [6.07, 6.45) is 49.9. The molecular formula is C76H148O17P2. The highest BCUT2D eigenvalue weighted by atomic mass is 31.2. The summed E-state index contributed by atoms with van der Waals surface area (Å²) in [5.74, 6) is 0.960. The summed E-state index contributed by atoms with van der Waals surface area (Å²) in [5, 5.41) is 10.6. The number of phosphoric ester groups is 2. The molecule has 0 saturated carbocycles. The Bertz CT molecular complexity index is 1870. The van der Waals surface area contributed by atoms with E-state index in [9.17, 15) is 43.2 Å². The number of hydrogen-bond acceptors (Lipinski definition) is 15. The number of ether oxygens (including phenoxy) is 4. The Labute approximate surface area is 581 Å². The maximum absolute atomic E-state index is 13.1. The van der Waals surface area contributed by atoms with Crippen molar-refractivity contribution >= 4 is 39.5 Å². The van der Waals surface area contributed by atoms with Crippen LogP contribution in [0.15, 0.2) is 0 Å². The molecule has 0 aromatic rings. The van der Waals surface area contributed by atoms with Gasteiger partial charge in [0, 0.05) is 25.7 Å². The van der Waals surface area contributed by atoms with Crippen LogP contribution in [0.3, 0.4) is 0 Å². The highest BCUT2D eigenvalue weighted by Crippen LogP contribution is 2.45. The van der Waals surface area contributed by atoms with Crippen LogP contribution in [0.25, 0.3) is 0 Å². The number of aliphatic hydroxyl groups excluding tert-OH is 1. The molecule has 0 aliphatic heterocycles. The predicted molar refractivity (Wildman–Crippen MR) is 386 cm³/mol. The SMILES string of the molecule is CCC(C)CCCCCCCCCCCCCCCCC(=O)O[C@H](COC(=O)CCCCCCCCCCCC(C)C)COP(=O)(O)OCC(O)COP(=O)(O)OC[C@@H](COC(=O)CCCCCCCCCCC(C)C)OC(=O)CCCCCCCCCCCCCC(C)C. The molecule has 17 nitrogen and oxygen atoms in total. The van der Waals surface area contributed by atoms with Crippen molar-refractivity contribution in [1.82, 2.24) is 0 Å². The lowest BCUT2D eigenvalue weighted by Crippen LogP contribution is -2.30. The van der Waals surface area contributed by atoms with Crippen molar-refractivity contribution in [3.63, 3.8) is 0 Å². The minimum Gasteiger partial charge on any atom is -0.462 e. The summed E-state index contributed by atoms with van der Waals surface area (Å²) in [6, 6.07) is 0. The summed E-state index contributed by atoms with van der Waals surface area (Å²) >= 11 is 0. The Balaban J connectivity index is 5.25. The standard InChI is InChI=1S/C76H148O17P2/c1-9-69(8)55-47-39-31-22-16-12-10-11-13-17-23-34-42-50-58-75(80)92-71(62-86-73(78)56-48-40-32-25-19-21-29-37-45-53-67(4)5)64-90-94(82,83)88-60-70(77)61-89-95(84,85)91-65-72(63-87-74(79)57-49-41-33-27-26-30-38-46-54-68(6)7)93-76(81)59-51-43-35-24-18-14-15-20-28-36-44-52-66(2)3/h66-72,77H,9-65H2,1-8H3,(H,82,83)(H,84,85)/t69?,70?,71-,72-/m1/s1. The first kappa shape index (κ1) is 93.1. The van der Waals surface area contributed by atoms with Crippen molar-refractivity contribution in [3.05, 3.63) is 0 Å². The van der Waals surface area contributed by atoms with Gasteiger partial charge in [0.15, 0.2) is 12.2 Å². The van der Waals surface area contributed by atoms with Gasteiger partial charge >= 0.3 is 39.5 Å². The Hall–Kier alpha value is -1.94. The number of aliphatic hydroxyl groups is 1. The van der Waals surface area contributed by atoms with Gasteiger partial charge in [0.25, 0.3) is 0 Å². The van der Waals surface area contributed by atoms with E-state index in [4.69, 9.17) is 37.0 Å². The molecule has 564 valence electrons. The average molecular weight is 1400 g/mol. The van der Waals surface area contributed by atoms with E-state index in [1.165, 1.54) is 186 Å². The summed E-state index contributed by atoms with van der Waals surface area (Å²) in [5.41, 5.74) is 0. The van der Waals surface area contributed by atoms with E-state index in [1.807, 2.05) is 0 Å². The van der Waals surface area contributed by atoms with Crippen LogP contribution < -0.4 is 0 Å². The molecule has 0 fully saturated rings. The Morgan fingerprint density at radius 3 is 0.747 bits per heavy atom. The number of carbonyl (C=O) groups excluding carboxylic acids is 4. The van der Waals surface area contributed by atoms with Gasteiger partial charge in [-0.1, -0.05) is 331 Å². The van der Waals surface area contributed by atoms with Crippen LogP contribution in [0, 0.1) is 23.7 Å². The normalized spacial score (nSPS) is 14.4. The highest BCUT2D eigenvalue weighted by Gasteiger charge is 2.30. The number of hydrogen-bond donors (Lipinski definition) is 3. The molecule has 3 N–H and O–H groups in total. The minimum atomic E-state index is -4.96. The van der Waals surface area contributed by atoms with Gasteiger partial charge in [0.2, 0.25) is 0 Å². The number of rotatable bonds is 73. The fourth-order valence-electron chi connectivity index (χ4n) is 11.5. The molecule has 95 heavy (non-hydrogen) atoms. The fourth-order valence-corrected chi connectivity index (χ4v) is 13.1. The molecule has 4 unspecified atom stereocenters. The van der Waals surface area contributed by atoms with Gasteiger partial charge in [0.1, 0.15) is 19.3 Å². The lowest BCUT2D eigenvalue weighted by atomic mass is 9.99. The molecule has 0 amide bonds. The molecule has 6 atom stereocenters. The molecular weight excluding hydrogens is 1250 g/mol. The van der Waals surface area contributed by atoms with Crippen LogP contribution in [0.2, 0.25) is 0 Å². The second kappa shape index (κ2) is 65.4. The molecule has 0 saturated heterocycles. The Kier molecular flexibility index (Phi) is 64.0. The molecule has 0 heterocycles. The van der Waals surface area contributed by atoms with Crippen LogP contribution in [-0.4, -0.2) is 96.7 Å². The molecule has 0 aromatic carbocycles. The summed E-state index contributed by atoms with van der Waals surface area (Å²) in [7, 11) is -9.91. The summed E-state index contributed by atoms with van der Waals surface area (Å²) in [6.45, 7) is 14.2. The Morgan fingerprint density at radius 1 is 0.295 bits per heavy atom. The lowest BCUT2D eigenvalue weighted by Gasteiger charge is -2.21. The van der Waals surface area contributed by atoms with Gasteiger partial charge in [-0.25, -0.2) is 9.13 Å². The van der Waals surface area contributed by atoms with E-state index in [0.29, 0.717) is 25.7 Å². The minimum absolute atomic E-state index is 0.105. The maximum Gasteiger partial charge on any atom is 0.472 e. The van der Waals surface area contributed by atoms with Crippen molar-refractivity contribution in [2.75, 3.05) is 39.6 Å². The van der Waals surface area contributed by atoms with E-state index in [0.717, 1.165) is 114 Å². The third-order valence-electron chi connectivity index (χ3n) is 17.9. The molecule has 19 heteroatoms.